The molecule has 0 bridgehead atoms. The quantitative estimate of drug-likeness (QED) is 0.172. The van der Waals surface area contributed by atoms with Crippen molar-refractivity contribution in [3.05, 3.63) is 188 Å². The molecule has 0 unspecified atom stereocenters. The van der Waals surface area contributed by atoms with Gasteiger partial charge in [-0.25, -0.2) is 19.9 Å². The smallest absolute Gasteiger partial charge is 0.164 e. The van der Waals surface area contributed by atoms with Crippen molar-refractivity contribution in [2.24, 2.45) is 0 Å². The average Bonchev–Trinajstić information content (AvgIpc) is 3.62. The van der Waals surface area contributed by atoms with Crippen LogP contribution in [0.3, 0.4) is 0 Å². The second-order valence-corrected chi connectivity index (χ2v) is 12.4. The Morgan fingerprint density at radius 3 is 1.31 bits per heavy atom. The Balaban J connectivity index is 1.10. The summed E-state index contributed by atoms with van der Waals surface area (Å²) in [4.78, 5) is 20.1. The number of nitrogens with zero attached hydrogens (tertiary/aromatic N) is 5. The maximum absolute atomic E-state index is 5.05. The summed E-state index contributed by atoms with van der Waals surface area (Å²) in [6.45, 7) is 0. The maximum atomic E-state index is 5.05. The fraction of sp³-hybridized carbons (Fsp3) is 0. The third-order valence-corrected chi connectivity index (χ3v) is 9.08. The van der Waals surface area contributed by atoms with Crippen LogP contribution in [0.15, 0.2) is 188 Å². The molecular formula is C46H31N5. The summed E-state index contributed by atoms with van der Waals surface area (Å²) in [5, 5.41) is 0. The minimum atomic E-state index is 0.625. The zero-order valence-corrected chi connectivity index (χ0v) is 27.6. The van der Waals surface area contributed by atoms with Gasteiger partial charge in [0.2, 0.25) is 0 Å². The topological polar surface area (TPSA) is 56.0 Å². The highest BCUT2D eigenvalue weighted by molar-refractivity contribution is 5.83. The van der Waals surface area contributed by atoms with E-state index >= 15 is 0 Å². The van der Waals surface area contributed by atoms with E-state index in [4.69, 9.17) is 19.9 Å². The molecule has 5 heteroatoms. The Morgan fingerprint density at radius 1 is 0.294 bits per heavy atom. The van der Waals surface area contributed by atoms with Gasteiger partial charge in [-0.2, -0.15) is 0 Å². The number of benzene rings is 6. The molecule has 0 atom stereocenters. The lowest BCUT2D eigenvalue weighted by Gasteiger charge is -2.11. The first-order chi connectivity index (χ1) is 25.3. The fourth-order valence-electron chi connectivity index (χ4n) is 6.55. The van der Waals surface area contributed by atoms with E-state index in [0.29, 0.717) is 17.5 Å². The Morgan fingerprint density at radius 2 is 0.725 bits per heavy atom. The van der Waals surface area contributed by atoms with E-state index in [1.807, 2.05) is 60.7 Å². The van der Waals surface area contributed by atoms with E-state index in [-0.39, 0.29) is 0 Å². The minimum absolute atomic E-state index is 0.625. The first-order valence-electron chi connectivity index (χ1n) is 17.0. The molecule has 51 heavy (non-hydrogen) atoms. The van der Waals surface area contributed by atoms with E-state index in [1.54, 1.807) is 0 Å². The number of hydrogen-bond acceptors (Lipinski definition) is 4. The zero-order chi connectivity index (χ0) is 34.0. The van der Waals surface area contributed by atoms with Crippen molar-refractivity contribution in [3.63, 3.8) is 0 Å². The van der Waals surface area contributed by atoms with E-state index < -0.39 is 0 Å². The predicted octanol–water partition coefficient (Wildman–Crippen LogP) is 11.2. The van der Waals surface area contributed by atoms with Crippen LogP contribution in [0.1, 0.15) is 0 Å². The van der Waals surface area contributed by atoms with Crippen molar-refractivity contribution >= 4 is 5.65 Å². The molecule has 240 valence electrons. The van der Waals surface area contributed by atoms with E-state index in [0.717, 1.165) is 67.1 Å². The van der Waals surface area contributed by atoms with Crippen LogP contribution < -0.4 is 0 Å². The van der Waals surface area contributed by atoms with E-state index in [2.05, 4.69) is 132 Å². The molecule has 3 aromatic heterocycles. The lowest BCUT2D eigenvalue weighted by molar-refractivity contribution is 1.07. The van der Waals surface area contributed by atoms with Crippen LogP contribution in [0, 0.1) is 0 Å². The molecule has 0 aliphatic heterocycles. The average molecular weight is 654 g/mol. The molecule has 0 saturated heterocycles. The standard InChI is InChI=1S/C46H31N5/c1-4-14-32(15-5-1)37-20-12-22-39(30-37)45-48-44(36-18-8-3-9-19-36)49-46(50-45)40-23-13-21-38(31-40)33-25-27-34(28-26-33)42-43(35-16-6-2-7-17-35)51-29-11-10-24-41(51)47-42/h1-31H. The summed E-state index contributed by atoms with van der Waals surface area (Å²) >= 11 is 0. The Hall–Kier alpha value is -6.98. The van der Waals surface area contributed by atoms with Crippen LogP contribution in [0.2, 0.25) is 0 Å². The van der Waals surface area contributed by atoms with Crippen molar-refractivity contribution in [1.82, 2.24) is 24.3 Å². The summed E-state index contributed by atoms with van der Waals surface area (Å²) in [5.74, 6) is 1.89. The molecule has 0 radical (unpaired) electrons. The summed E-state index contributed by atoms with van der Waals surface area (Å²) in [6.07, 6.45) is 2.07. The number of fused-ring (bicyclic) bond motifs is 1. The van der Waals surface area contributed by atoms with Gasteiger partial charge in [-0.1, -0.05) is 158 Å². The Labute approximate surface area is 296 Å². The second kappa shape index (κ2) is 13.1. The predicted molar refractivity (Wildman–Crippen MR) is 207 cm³/mol. The molecule has 5 nitrogen and oxygen atoms in total. The summed E-state index contributed by atoms with van der Waals surface area (Å²) in [5.41, 5.74) is 12.4. The molecule has 3 heterocycles. The van der Waals surface area contributed by atoms with Gasteiger partial charge in [-0.15, -0.1) is 0 Å². The molecular weight excluding hydrogens is 623 g/mol. The zero-order valence-electron chi connectivity index (χ0n) is 27.6. The number of imidazole rings is 1. The minimum Gasteiger partial charge on any atom is -0.299 e. The van der Waals surface area contributed by atoms with Crippen molar-refractivity contribution < 1.29 is 0 Å². The van der Waals surface area contributed by atoms with Gasteiger partial charge in [0.05, 0.1) is 11.4 Å². The molecule has 9 rings (SSSR count). The molecule has 0 amide bonds. The highest BCUT2D eigenvalue weighted by Gasteiger charge is 2.17. The summed E-state index contributed by atoms with van der Waals surface area (Å²) < 4.78 is 2.16. The van der Waals surface area contributed by atoms with E-state index in [9.17, 15) is 0 Å². The van der Waals surface area contributed by atoms with Gasteiger partial charge >= 0.3 is 0 Å². The lowest BCUT2D eigenvalue weighted by Crippen LogP contribution is -2.00. The summed E-state index contributed by atoms with van der Waals surface area (Å²) in [6, 6.07) is 62.5. The van der Waals surface area contributed by atoms with Gasteiger partial charge in [0, 0.05) is 34.0 Å². The Kier molecular flexibility index (Phi) is 7.76. The van der Waals surface area contributed by atoms with Crippen LogP contribution in [-0.4, -0.2) is 24.3 Å². The first kappa shape index (κ1) is 30.1. The van der Waals surface area contributed by atoms with Crippen LogP contribution in [0.4, 0.5) is 0 Å². The highest BCUT2D eigenvalue weighted by atomic mass is 15.0. The molecule has 6 aromatic carbocycles. The molecule has 0 aliphatic rings. The molecule has 0 N–H and O–H groups in total. The SMILES string of the molecule is c1ccc(-c2cccc(-c3nc(-c4ccccc4)nc(-c4cccc(-c5ccc(-c6nc7ccccn7c6-c6ccccc6)cc5)c4)n3)c2)cc1. The lowest BCUT2D eigenvalue weighted by atomic mass is 9.99. The van der Waals surface area contributed by atoms with E-state index in [1.165, 1.54) is 0 Å². The molecule has 0 spiro atoms. The molecule has 0 fully saturated rings. The van der Waals surface area contributed by atoms with Gasteiger partial charge in [0.25, 0.3) is 0 Å². The maximum Gasteiger partial charge on any atom is 0.164 e. The van der Waals surface area contributed by atoms with Gasteiger partial charge in [0.15, 0.2) is 17.5 Å². The third-order valence-electron chi connectivity index (χ3n) is 9.08. The van der Waals surface area contributed by atoms with Crippen LogP contribution in [0.5, 0.6) is 0 Å². The number of pyridine rings is 1. The largest absolute Gasteiger partial charge is 0.299 e. The number of aromatic nitrogens is 5. The van der Waals surface area contributed by atoms with Crippen molar-refractivity contribution in [2.75, 3.05) is 0 Å². The van der Waals surface area contributed by atoms with Gasteiger partial charge in [-0.05, 0) is 46.5 Å². The van der Waals surface area contributed by atoms with Crippen LogP contribution in [0.25, 0.3) is 84.6 Å². The Bertz CT molecular complexity index is 2610. The van der Waals surface area contributed by atoms with Gasteiger partial charge < -0.3 is 0 Å². The van der Waals surface area contributed by atoms with Gasteiger partial charge in [-0.3, -0.25) is 4.40 Å². The van der Waals surface area contributed by atoms with Crippen molar-refractivity contribution in [3.8, 4) is 78.9 Å². The second-order valence-electron chi connectivity index (χ2n) is 12.4. The normalized spacial score (nSPS) is 11.1. The monoisotopic (exact) mass is 653 g/mol. The molecule has 0 aliphatic carbocycles. The van der Waals surface area contributed by atoms with Crippen LogP contribution in [-0.2, 0) is 0 Å². The molecule has 0 saturated carbocycles. The molecule has 9 aromatic rings. The van der Waals surface area contributed by atoms with Crippen molar-refractivity contribution in [1.29, 1.82) is 0 Å². The number of hydrogen-bond donors (Lipinski definition) is 0. The number of rotatable bonds is 7. The third kappa shape index (κ3) is 5.98. The first-order valence-corrected chi connectivity index (χ1v) is 17.0. The van der Waals surface area contributed by atoms with Crippen LogP contribution >= 0.6 is 0 Å². The van der Waals surface area contributed by atoms with Gasteiger partial charge in [0.1, 0.15) is 5.65 Å². The fourth-order valence-corrected chi connectivity index (χ4v) is 6.55. The van der Waals surface area contributed by atoms with Crippen molar-refractivity contribution in [2.45, 2.75) is 0 Å². The summed E-state index contributed by atoms with van der Waals surface area (Å²) in [7, 11) is 0. The highest BCUT2D eigenvalue weighted by Crippen LogP contribution is 2.35.